The molecular formula is C24H40O4. The zero-order valence-corrected chi connectivity index (χ0v) is 18.8. The van der Waals surface area contributed by atoms with Crippen LogP contribution in [-0.2, 0) is 19.1 Å². The fraction of sp³-hybridized carbons (Fsp3) is 0.917. The Bertz CT molecular complexity index is 592. The van der Waals surface area contributed by atoms with Crippen LogP contribution in [0.5, 0.6) is 0 Å². The Balaban J connectivity index is 1.52. The van der Waals surface area contributed by atoms with Gasteiger partial charge < -0.3 is 9.47 Å². The Morgan fingerprint density at radius 2 is 1.64 bits per heavy atom. The van der Waals surface area contributed by atoms with Crippen molar-refractivity contribution in [2.75, 3.05) is 6.61 Å². The number of hydrogen-bond acceptors (Lipinski definition) is 4. The van der Waals surface area contributed by atoms with Gasteiger partial charge in [-0.1, -0.05) is 13.8 Å². The van der Waals surface area contributed by atoms with E-state index in [1.54, 1.807) is 0 Å². The molecule has 0 aromatic heterocycles. The predicted octanol–water partition coefficient (Wildman–Crippen LogP) is 5.53. The molecule has 28 heavy (non-hydrogen) atoms. The molecule has 4 heteroatoms. The Hall–Kier alpha value is -1.06. The summed E-state index contributed by atoms with van der Waals surface area (Å²) in [5.74, 6) is 2.75. The maximum atomic E-state index is 12.6. The van der Waals surface area contributed by atoms with Gasteiger partial charge in [0, 0.05) is 11.8 Å². The number of carbonyl (C=O) groups is 2. The first-order valence-corrected chi connectivity index (χ1v) is 11.4. The minimum absolute atomic E-state index is 0.134. The van der Waals surface area contributed by atoms with Crippen molar-refractivity contribution in [3.05, 3.63) is 0 Å². The molecule has 0 aromatic carbocycles. The SMILES string of the molecule is CCC(C)(C)C(=O)OCCCC(=O)OC(C)(C)C12CC3CC(CC(C3)C1C)C2. The van der Waals surface area contributed by atoms with Crippen LogP contribution in [0.2, 0.25) is 0 Å². The first-order valence-electron chi connectivity index (χ1n) is 11.4. The molecule has 4 aliphatic carbocycles. The van der Waals surface area contributed by atoms with Gasteiger partial charge >= 0.3 is 11.9 Å². The molecule has 4 bridgehead atoms. The van der Waals surface area contributed by atoms with Crippen LogP contribution in [-0.4, -0.2) is 24.1 Å². The lowest BCUT2D eigenvalue weighted by molar-refractivity contribution is -0.218. The summed E-state index contributed by atoms with van der Waals surface area (Å²) in [6, 6.07) is 0. The van der Waals surface area contributed by atoms with Gasteiger partial charge in [-0.2, -0.15) is 0 Å². The highest BCUT2D eigenvalue weighted by Gasteiger charge is 2.62. The van der Waals surface area contributed by atoms with Gasteiger partial charge in [-0.05, 0) is 96.3 Å². The number of hydrogen-bond donors (Lipinski definition) is 0. The van der Waals surface area contributed by atoms with E-state index in [-0.39, 0.29) is 24.0 Å². The zero-order chi connectivity index (χ0) is 20.7. The summed E-state index contributed by atoms with van der Waals surface area (Å²) in [5, 5.41) is 0. The maximum Gasteiger partial charge on any atom is 0.311 e. The summed E-state index contributed by atoms with van der Waals surface area (Å²) < 4.78 is 11.5. The fourth-order valence-corrected chi connectivity index (χ4v) is 6.49. The number of esters is 2. The lowest BCUT2D eigenvalue weighted by Gasteiger charge is -2.65. The molecule has 0 aromatic rings. The van der Waals surface area contributed by atoms with Crippen LogP contribution < -0.4 is 0 Å². The molecular weight excluding hydrogens is 352 g/mol. The largest absolute Gasteiger partial charge is 0.465 e. The molecule has 4 fully saturated rings. The Morgan fingerprint density at radius 1 is 1.04 bits per heavy atom. The monoisotopic (exact) mass is 392 g/mol. The van der Waals surface area contributed by atoms with E-state index in [2.05, 4.69) is 20.8 Å². The minimum atomic E-state index is -0.461. The van der Waals surface area contributed by atoms with E-state index in [9.17, 15) is 9.59 Å². The summed E-state index contributed by atoms with van der Waals surface area (Å²) in [6.07, 6.45) is 8.14. The smallest absolute Gasteiger partial charge is 0.311 e. The van der Waals surface area contributed by atoms with Crippen molar-refractivity contribution in [3.63, 3.8) is 0 Å². The number of carbonyl (C=O) groups excluding carboxylic acids is 2. The molecule has 4 aliphatic rings. The van der Waals surface area contributed by atoms with Gasteiger partial charge in [0.2, 0.25) is 0 Å². The summed E-state index contributed by atoms with van der Waals surface area (Å²) in [6.45, 7) is 12.7. The molecule has 3 atom stereocenters. The van der Waals surface area contributed by atoms with Crippen molar-refractivity contribution in [1.29, 1.82) is 0 Å². The summed E-state index contributed by atoms with van der Waals surface area (Å²) in [7, 11) is 0. The van der Waals surface area contributed by atoms with Crippen LogP contribution in [0.3, 0.4) is 0 Å². The van der Waals surface area contributed by atoms with Crippen molar-refractivity contribution in [3.8, 4) is 0 Å². The van der Waals surface area contributed by atoms with Gasteiger partial charge in [0.1, 0.15) is 5.60 Å². The standard InChI is InChI=1S/C24H40O4/c1-7-22(3,4)21(26)27-10-8-9-20(25)28-23(5,6)24-14-17-11-18(15-24)13-19(12-17)16(24)2/h16-19H,7-15H2,1-6H3. The van der Waals surface area contributed by atoms with E-state index < -0.39 is 11.0 Å². The van der Waals surface area contributed by atoms with E-state index in [0.717, 1.165) is 24.2 Å². The normalized spacial score (nSPS) is 34.4. The molecule has 4 saturated carbocycles. The third kappa shape index (κ3) is 3.85. The van der Waals surface area contributed by atoms with Gasteiger partial charge in [-0.25, -0.2) is 0 Å². The summed E-state index contributed by atoms with van der Waals surface area (Å²) in [5.41, 5.74) is -0.757. The molecule has 3 unspecified atom stereocenters. The van der Waals surface area contributed by atoms with Crippen molar-refractivity contribution < 1.29 is 19.1 Å². The first kappa shape index (κ1) is 21.6. The molecule has 4 rings (SSSR count). The fourth-order valence-electron chi connectivity index (χ4n) is 6.49. The average Bonchev–Trinajstić information content (AvgIpc) is 2.61. The Kier molecular flexibility index (Phi) is 5.91. The lowest BCUT2D eigenvalue weighted by Crippen LogP contribution is -2.61. The Labute approximate surface area is 171 Å². The minimum Gasteiger partial charge on any atom is -0.465 e. The van der Waals surface area contributed by atoms with E-state index >= 15 is 0 Å². The molecule has 0 aliphatic heterocycles. The molecule has 0 saturated heterocycles. The van der Waals surface area contributed by atoms with Crippen molar-refractivity contribution in [2.45, 2.75) is 98.5 Å². The van der Waals surface area contributed by atoms with Crippen LogP contribution in [0.15, 0.2) is 0 Å². The van der Waals surface area contributed by atoms with E-state index in [1.807, 2.05) is 20.8 Å². The second-order valence-electron chi connectivity index (χ2n) is 11.0. The number of ether oxygens (including phenoxy) is 2. The zero-order valence-electron chi connectivity index (χ0n) is 18.8. The molecule has 0 amide bonds. The van der Waals surface area contributed by atoms with E-state index in [4.69, 9.17) is 9.47 Å². The second-order valence-corrected chi connectivity index (χ2v) is 11.0. The van der Waals surface area contributed by atoms with Gasteiger partial charge in [-0.15, -0.1) is 0 Å². The second kappa shape index (κ2) is 7.65. The molecule has 0 heterocycles. The topological polar surface area (TPSA) is 52.6 Å². The third-order valence-corrected chi connectivity index (χ3v) is 8.59. The predicted molar refractivity (Wildman–Crippen MR) is 110 cm³/mol. The highest BCUT2D eigenvalue weighted by Crippen LogP contribution is 2.66. The quantitative estimate of drug-likeness (QED) is 0.402. The van der Waals surface area contributed by atoms with Gasteiger partial charge in [-0.3, -0.25) is 9.59 Å². The summed E-state index contributed by atoms with van der Waals surface area (Å²) in [4.78, 5) is 24.6. The molecule has 0 radical (unpaired) electrons. The van der Waals surface area contributed by atoms with Gasteiger partial charge in [0.15, 0.2) is 0 Å². The first-order chi connectivity index (χ1) is 13.0. The van der Waals surface area contributed by atoms with Crippen LogP contribution in [0.1, 0.15) is 92.9 Å². The molecule has 160 valence electrons. The average molecular weight is 393 g/mol. The van der Waals surface area contributed by atoms with Crippen LogP contribution in [0, 0.1) is 34.5 Å². The maximum absolute atomic E-state index is 12.6. The Morgan fingerprint density at radius 3 is 2.21 bits per heavy atom. The van der Waals surface area contributed by atoms with E-state index in [0.29, 0.717) is 18.8 Å². The van der Waals surface area contributed by atoms with Gasteiger partial charge in [0.25, 0.3) is 0 Å². The van der Waals surface area contributed by atoms with Crippen LogP contribution >= 0.6 is 0 Å². The molecule has 0 N–H and O–H groups in total. The van der Waals surface area contributed by atoms with Crippen molar-refractivity contribution in [1.82, 2.24) is 0 Å². The summed E-state index contributed by atoms with van der Waals surface area (Å²) >= 11 is 0. The van der Waals surface area contributed by atoms with Crippen molar-refractivity contribution in [2.24, 2.45) is 34.5 Å². The third-order valence-electron chi connectivity index (χ3n) is 8.59. The number of rotatable bonds is 8. The molecule has 0 spiro atoms. The van der Waals surface area contributed by atoms with Gasteiger partial charge in [0.05, 0.1) is 12.0 Å². The highest BCUT2D eigenvalue weighted by molar-refractivity contribution is 5.75. The van der Waals surface area contributed by atoms with Crippen molar-refractivity contribution >= 4 is 11.9 Å². The highest BCUT2D eigenvalue weighted by atomic mass is 16.6. The molecule has 4 nitrogen and oxygen atoms in total. The van der Waals surface area contributed by atoms with Crippen LogP contribution in [0.25, 0.3) is 0 Å². The van der Waals surface area contributed by atoms with Crippen LogP contribution in [0.4, 0.5) is 0 Å². The lowest BCUT2D eigenvalue weighted by atomic mass is 9.42. The van der Waals surface area contributed by atoms with E-state index in [1.165, 1.54) is 32.1 Å².